The normalized spacial score (nSPS) is 14.7. The molecule has 1 amide bonds. The number of anilines is 1. The molecule has 1 saturated heterocycles. The van der Waals surface area contributed by atoms with Crippen molar-refractivity contribution in [2.45, 2.75) is 25.8 Å². The molecule has 156 valence electrons. The molecule has 5 rings (SSSR count). The molecule has 1 N–H and O–H groups in total. The minimum Gasteiger partial charge on any atom is -0.464 e. The molecule has 4 aromatic rings. The molecule has 3 aromatic heterocycles. The number of fused-ring (bicyclic) bond motifs is 1. The van der Waals surface area contributed by atoms with E-state index in [1.165, 1.54) is 0 Å². The number of nitrogens with zero attached hydrogens (tertiary/aromatic N) is 3. The SMILES string of the molecule is Cc1ccc(N2CCC(NC(=O)c3ccc(-c4nccc5occc45)cc3)CC2)nc1. The van der Waals surface area contributed by atoms with E-state index in [2.05, 4.69) is 32.3 Å². The van der Waals surface area contributed by atoms with Crippen molar-refractivity contribution in [1.29, 1.82) is 0 Å². The van der Waals surface area contributed by atoms with Crippen LogP contribution in [0.1, 0.15) is 28.8 Å². The van der Waals surface area contributed by atoms with Crippen molar-refractivity contribution in [3.63, 3.8) is 0 Å². The number of amides is 1. The van der Waals surface area contributed by atoms with Crippen LogP contribution in [-0.4, -0.2) is 35.0 Å². The fraction of sp³-hybridized carbons (Fsp3) is 0.240. The molecular formula is C25H24N4O2. The van der Waals surface area contributed by atoms with E-state index in [-0.39, 0.29) is 11.9 Å². The second-order valence-corrected chi connectivity index (χ2v) is 8.00. The average Bonchev–Trinajstić information content (AvgIpc) is 3.29. The molecule has 0 saturated carbocycles. The average molecular weight is 412 g/mol. The van der Waals surface area contributed by atoms with Crippen molar-refractivity contribution in [2.24, 2.45) is 0 Å². The van der Waals surface area contributed by atoms with Gasteiger partial charge >= 0.3 is 0 Å². The predicted molar refractivity (Wildman–Crippen MR) is 121 cm³/mol. The van der Waals surface area contributed by atoms with Gasteiger partial charge in [0.1, 0.15) is 11.4 Å². The molecular weight excluding hydrogens is 388 g/mol. The number of rotatable bonds is 4. The van der Waals surface area contributed by atoms with Gasteiger partial charge < -0.3 is 14.6 Å². The first kappa shape index (κ1) is 19.3. The molecule has 31 heavy (non-hydrogen) atoms. The van der Waals surface area contributed by atoms with Crippen LogP contribution in [0.5, 0.6) is 0 Å². The highest BCUT2D eigenvalue weighted by atomic mass is 16.3. The number of aryl methyl sites for hydroxylation is 1. The number of nitrogens with one attached hydrogen (secondary N) is 1. The summed E-state index contributed by atoms with van der Waals surface area (Å²) in [5.74, 6) is 0.972. The van der Waals surface area contributed by atoms with Gasteiger partial charge in [0.15, 0.2) is 0 Å². The second kappa shape index (κ2) is 8.22. The zero-order valence-corrected chi connectivity index (χ0v) is 17.4. The van der Waals surface area contributed by atoms with Gasteiger partial charge in [-0.2, -0.15) is 0 Å². The van der Waals surface area contributed by atoms with Crippen LogP contribution >= 0.6 is 0 Å². The Morgan fingerprint density at radius 3 is 2.58 bits per heavy atom. The van der Waals surface area contributed by atoms with E-state index in [1.54, 1.807) is 12.5 Å². The minimum absolute atomic E-state index is 0.0343. The van der Waals surface area contributed by atoms with Crippen molar-refractivity contribution < 1.29 is 9.21 Å². The van der Waals surface area contributed by atoms with Crippen LogP contribution in [-0.2, 0) is 0 Å². The van der Waals surface area contributed by atoms with E-state index in [0.29, 0.717) is 5.56 Å². The van der Waals surface area contributed by atoms with Gasteiger partial charge in [-0.3, -0.25) is 9.78 Å². The molecule has 0 atom stereocenters. The number of benzene rings is 1. The lowest BCUT2D eigenvalue weighted by molar-refractivity contribution is 0.0931. The highest BCUT2D eigenvalue weighted by Gasteiger charge is 2.22. The molecule has 1 aliphatic heterocycles. The van der Waals surface area contributed by atoms with E-state index in [1.807, 2.05) is 49.5 Å². The number of hydrogen-bond acceptors (Lipinski definition) is 5. The zero-order valence-electron chi connectivity index (χ0n) is 17.4. The van der Waals surface area contributed by atoms with Gasteiger partial charge in [0.2, 0.25) is 0 Å². The van der Waals surface area contributed by atoms with Crippen molar-refractivity contribution in [2.75, 3.05) is 18.0 Å². The Morgan fingerprint density at radius 1 is 1.03 bits per heavy atom. The van der Waals surface area contributed by atoms with E-state index in [4.69, 9.17) is 4.42 Å². The van der Waals surface area contributed by atoms with E-state index >= 15 is 0 Å². The Balaban J connectivity index is 1.21. The van der Waals surface area contributed by atoms with Gasteiger partial charge in [-0.25, -0.2) is 4.98 Å². The monoisotopic (exact) mass is 412 g/mol. The van der Waals surface area contributed by atoms with Gasteiger partial charge in [-0.05, 0) is 55.7 Å². The molecule has 1 aliphatic rings. The highest BCUT2D eigenvalue weighted by Crippen LogP contribution is 2.27. The topological polar surface area (TPSA) is 71.3 Å². The van der Waals surface area contributed by atoms with Gasteiger partial charge in [0, 0.05) is 48.0 Å². The number of hydrogen-bond donors (Lipinski definition) is 1. The molecule has 0 unspecified atom stereocenters. The van der Waals surface area contributed by atoms with Gasteiger partial charge in [0.05, 0.1) is 12.0 Å². The summed E-state index contributed by atoms with van der Waals surface area (Å²) in [6, 6.07) is 15.7. The van der Waals surface area contributed by atoms with Gasteiger partial charge in [-0.15, -0.1) is 0 Å². The number of aromatic nitrogens is 2. The summed E-state index contributed by atoms with van der Waals surface area (Å²) in [6.07, 6.45) is 7.12. The minimum atomic E-state index is -0.0343. The Bertz CT molecular complexity index is 1190. The first-order chi connectivity index (χ1) is 15.2. The lowest BCUT2D eigenvalue weighted by atomic mass is 10.0. The molecule has 0 spiro atoms. The van der Waals surface area contributed by atoms with Crippen LogP contribution in [0.2, 0.25) is 0 Å². The zero-order chi connectivity index (χ0) is 21.2. The quantitative estimate of drug-likeness (QED) is 0.531. The third-order valence-corrected chi connectivity index (χ3v) is 5.85. The molecule has 6 nitrogen and oxygen atoms in total. The summed E-state index contributed by atoms with van der Waals surface area (Å²) in [5.41, 5.74) is 4.44. The van der Waals surface area contributed by atoms with Crippen LogP contribution in [0, 0.1) is 6.92 Å². The number of carbonyl (C=O) groups is 1. The van der Waals surface area contributed by atoms with Crippen molar-refractivity contribution >= 4 is 22.7 Å². The number of furan rings is 1. The first-order valence-electron chi connectivity index (χ1n) is 10.6. The maximum atomic E-state index is 12.8. The number of piperidine rings is 1. The Morgan fingerprint density at radius 2 is 1.84 bits per heavy atom. The number of pyridine rings is 2. The molecule has 0 aliphatic carbocycles. The lowest BCUT2D eigenvalue weighted by Gasteiger charge is -2.33. The summed E-state index contributed by atoms with van der Waals surface area (Å²) < 4.78 is 5.46. The third-order valence-electron chi connectivity index (χ3n) is 5.85. The van der Waals surface area contributed by atoms with Gasteiger partial charge in [-0.1, -0.05) is 18.2 Å². The van der Waals surface area contributed by atoms with Gasteiger partial charge in [0.25, 0.3) is 5.91 Å². The van der Waals surface area contributed by atoms with E-state index < -0.39 is 0 Å². The fourth-order valence-corrected chi connectivity index (χ4v) is 4.07. The lowest BCUT2D eigenvalue weighted by Crippen LogP contribution is -2.44. The molecule has 1 aromatic carbocycles. The summed E-state index contributed by atoms with van der Waals surface area (Å²) in [7, 11) is 0. The standard InChI is InChI=1S/C25H24N4O2/c1-17-2-7-23(27-16-17)29-13-9-20(10-14-29)28-25(30)19-5-3-18(4-6-19)24-21-11-15-31-22(21)8-12-26-24/h2-8,11-12,15-16,20H,9-10,13-14H2,1H3,(H,28,30). The molecule has 4 heterocycles. The van der Waals surface area contributed by atoms with Crippen molar-refractivity contribution in [3.05, 3.63) is 78.3 Å². The van der Waals surface area contributed by atoms with Crippen molar-refractivity contribution in [1.82, 2.24) is 15.3 Å². The van der Waals surface area contributed by atoms with Crippen LogP contribution in [0.4, 0.5) is 5.82 Å². The van der Waals surface area contributed by atoms with Crippen LogP contribution in [0.15, 0.2) is 71.6 Å². The summed E-state index contributed by atoms with van der Waals surface area (Å²) >= 11 is 0. The molecule has 6 heteroatoms. The van der Waals surface area contributed by atoms with Crippen LogP contribution in [0.3, 0.4) is 0 Å². The largest absolute Gasteiger partial charge is 0.464 e. The summed E-state index contributed by atoms with van der Waals surface area (Å²) in [6.45, 7) is 3.82. The molecule has 1 fully saturated rings. The maximum absolute atomic E-state index is 12.8. The number of carbonyl (C=O) groups excluding carboxylic acids is 1. The van der Waals surface area contributed by atoms with Crippen LogP contribution in [0.25, 0.3) is 22.2 Å². The highest BCUT2D eigenvalue weighted by molar-refractivity contribution is 5.96. The Labute approximate surface area is 180 Å². The van der Waals surface area contributed by atoms with Crippen molar-refractivity contribution in [3.8, 4) is 11.3 Å². The Kier molecular flexibility index (Phi) is 5.12. The predicted octanol–water partition coefficient (Wildman–Crippen LogP) is 4.60. The fourth-order valence-electron chi connectivity index (χ4n) is 4.07. The Hall–Kier alpha value is -3.67. The second-order valence-electron chi connectivity index (χ2n) is 8.00. The van der Waals surface area contributed by atoms with E-state index in [0.717, 1.165) is 59.5 Å². The molecule has 0 radical (unpaired) electrons. The summed E-state index contributed by atoms with van der Waals surface area (Å²) in [5, 5.41) is 4.15. The van der Waals surface area contributed by atoms with E-state index in [9.17, 15) is 4.79 Å². The first-order valence-corrected chi connectivity index (χ1v) is 10.6. The summed E-state index contributed by atoms with van der Waals surface area (Å²) in [4.78, 5) is 24.0. The smallest absolute Gasteiger partial charge is 0.251 e. The van der Waals surface area contributed by atoms with Crippen LogP contribution < -0.4 is 10.2 Å². The third kappa shape index (κ3) is 4.01. The maximum Gasteiger partial charge on any atom is 0.251 e. The molecule has 0 bridgehead atoms.